The lowest BCUT2D eigenvalue weighted by molar-refractivity contribution is -0.0598. The maximum Gasteiger partial charge on any atom is 0.255 e. The zero-order valence-corrected chi connectivity index (χ0v) is 11.7. The molecule has 1 atom stereocenters. The van der Waals surface area contributed by atoms with Gasteiger partial charge in [-0.05, 0) is 25.0 Å². The Kier molecular flexibility index (Phi) is 3.61. The van der Waals surface area contributed by atoms with Crippen LogP contribution >= 0.6 is 0 Å². The second-order valence-electron chi connectivity index (χ2n) is 5.63. The Bertz CT molecular complexity index is 673. The molecule has 0 aliphatic carbocycles. The summed E-state index contributed by atoms with van der Waals surface area (Å²) in [5.41, 5.74) is 0.175. The van der Waals surface area contributed by atoms with Crippen LogP contribution in [0.15, 0.2) is 36.5 Å². The van der Waals surface area contributed by atoms with E-state index in [1.807, 2.05) is 30.3 Å². The average molecular weight is 286 g/mol. The van der Waals surface area contributed by atoms with Gasteiger partial charge in [-0.25, -0.2) is 0 Å². The third-order valence-corrected chi connectivity index (χ3v) is 3.97. The lowest BCUT2D eigenvalue weighted by Gasteiger charge is -2.38. The molecule has 5 nitrogen and oxygen atoms in total. The van der Waals surface area contributed by atoms with Gasteiger partial charge in [0.2, 0.25) is 0 Å². The lowest BCUT2D eigenvalue weighted by atomic mass is 9.93. The molecule has 5 heteroatoms. The molecule has 2 heterocycles. The highest BCUT2D eigenvalue weighted by Gasteiger charge is 2.34. The monoisotopic (exact) mass is 286 g/mol. The third kappa shape index (κ3) is 2.75. The zero-order chi connectivity index (χ0) is 14.9. The number of para-hydroxylation sites is 1. The molecule has 0 saturated carbocycles. The lowest BCUT2D eigenvalue weighted by Crippen LogP contribution is -2.52. The molecule has 0 spiro atoms. The first-order chi connectivity index (χ1) is 10.1. The van der Waals surface area contributed by atoms with Gasteiger partial charge in [0.25, 0.3) is 5.91 Å². The van der Waals surface area contributed by atoms with E-state index >= 15 is 0 Å². The summed E-state index contributed by atoms with van der Waals surface area (Å²) in [6.07, 6.45) is 2.77. The quantitative estimate of drug-likeness (QED) is 0.870. The van der Waals surface area contributed by atoms with Gasteiger partial charge in [0.05, 0.1) is 24.2 Å². The van der Waals surface area contributed by atoms with E-state index in [9.17, 15) is 15.0 Å². The minimum Gasteiger partial charge on any atom is -0.393 e. The highest BCUT2D eigenvalue weighted by molar-refractivity contribution is 5.97. The van der Waals surface area contributed by atoms with E-state index in [2.05, 4.69) is 4.98 Å². The number of carbonyl (C=O) groups excluding carboxylic acids is 1. The number of hydrogen-bond donors (Lipinski definition) is 2. The Morgan fingerprint density at radius 2 is 2.19 bits per heavy atom. The van der Waals surface area contributed by atoms with Crippen molar-refractivity contribution in [1.29, 1.82) is 0 Å². The van der Waals surface area contributed by atoms with Crippen molar-refractivity contribution in [2.75, 3.05) is 19.7 Å². The Labute approximate surface area is 122 Å². The fourth-order valence-electron chi connectivity index (χ4n) is 2.79. The molecule has 2 aromatic rings. The van der Waals surface area contributed by atoms with Crippen LogP contribution in [0.2, 0.25) is 0 Å². The normalized spacial score (nSPS) is 22.5. The topological polar surface area (TPSA) is 73.7 Å². The fourth-order valence-corrected chi connectivity index (χ4v) is 2.79. The van der Waals surface area contributed by atoms with Crippen LogP contribution < -0.4 is 0 Å². The molecule has 0 unspecified atom stereocenters. The molecule has 1 amide bonds. The number of aliphatic hydroxyl groups is 2. The Morgan fingerprint density at radius 3 is 3.00 bits per heavy atom. The molecule has 1 aliphatic rings. The third-order valence-electron chi connectivity index (χ3n) is 3.97. The molecule has 2 N–H and O–H groups in total. The van der Waals surface area contributed by atoms with Gasteiger partial charge in [0, 0.05) is 18.1 Å². The summed E-state index contributed by atoms with van der Waals surface area (Å²) in [5.74, 6) is -0.153. The van der Waals surface area contributed by atoms with E-state index in [-0.39, 0.29) is 19.1 Å². The number of hydrogen-bond acceptors (Lipinski definition) is 4. The molecule has 1 saturated heterocycles. The molecule has 110 valence electrons. The molecule has 1 aromatic carbocycles. The van der Waals surface area contributed by atoms with Crippen LogP contribution in [0, 0.1) is 0 Å². The van der Waals surface area contributed by atoms with Crippen molar-refractivity contribution >= 4 is 16.8 Å². The molecule has 0 radical (unpaired) electrons. The van der Waals surface area contributed by atoms with Crippen LogP contribution in [0.4, 0.5) is 0 Å². The van der Waals surface area contributed by atoms with Crippen LogP contribution in [0.25, 0.3) is 10.9 Å². The fraction of sp³-hybridized carbons (Fsp3) is 0.375. The first-order valence-corrected chi connectivity index (χ1v) is 7.09. The number of amides is 1. The van der Waals surface area contributed by atoms with E-state index in [0.29, 0.717) is 24.9 Å². The number of pyridine rings is 1. The molecular formula is C16H18N2O3. The number of piperidine rings is 1. The van der Waals surface area contributed by atoms with Crippen molar-refractivity contribution in [1.82, 2.24) is 9.88 Å². The maximum atomic E-state index is 12.5. The second kappa shape index (κ2) is 5.42. The van der Waals surface area contributed by atoms with Crippen molar-refractivity contribution in [2.24, 2.45) is 0 Å². The van der Waals surface area contributed by atoms with Gasteiger partial charge in [0.15, 0.2) is 0 Å². The van der Waals surface area contributed by atoms with Crippen LogP contribution in [0.5, 0.6) is 0 Å². The van der Waals surface area contributed by atoms with Gasteiger partial charge in [-0.1, -0.05) is 18.2 Å². The SMILES string of the molecule is O=C(c1cnc2ccccc2c1)N1CCC[C@@](O)(CO)C1. The van der Waals surface area contributed by atoms with Gasteiger partial charge in [0.1, 0.15) is 5.60 Å². The minimum absolute atomic E-state index is 0.153. The molecular weight excluding hydrogens is 268 g/mol. The van der Waals surface area contributed by atoms with Crippen LogP contribution in [-0.4, -0.2) is 51.3 Å². The van der Waals surface area contributed by atoms with E-state index in [1.165, 1.54) is 0 Å². The van der Waals surface area contributed by atoms with Gasteiger partial charge in [-0.15, -0.1) is 0 Å². The zero-order valence-electron chi connectivity index (χ0n) is 11.7. The van der Waals surface area contributed by atoms with Crippen LogP contribution in [-0.2, 0) is 0 Å². The highest BCUT2D eigenvalue weighted by atomic mass is 16.3. The molecule has 3 rings (SSSR count). The summed E-state index contributed by atoms with van der Waals surface area (Å²) < 4.78 is 0. The predicted molar refractivity (Wildman–Crippen MR) is 78.9 cm³/mol. The van der Waals surface area contributed by atoms with Crippen molar-refractivity contribution in [3.05, 3.63) is 42.1 Å². The van der Waals surface area contributed by atoms with Gasteiger partial charge in [-0.3, -0.25) is 9.78 Å². The predicted octanol–water partition coefficient (Wildman–Crippen LogP) is 1.19. The number of rotatable bonds is 2. The summed E-state index contributed by atoms with van der Waals surface area (Å²) in [5, 5.41) is 20.3. The van der Waals surface area contributed by atoms with E-state index in [1.54, 1.807) is 11.1 Å². The van der Waals surface area contributed by atoms with Gasteiger partial charge < -0.3 is 15.1 Å². The second-order valence-corrected chi connectivity index (χ2v) is 5.63. The Hall–Kier alpha value is -1.98. The number of aliphatic hydroxyl groups excluding tert-OH is 1. The minimum atomic E-state index is -1.18. The summed E-state index contributed by atoms with van der Waals surface area (Å²) in [6.45, 7) is 0.426. The summed E-state index contributed by atoms with van der Waals surface area (Å²) >= 11 is 0. The van der Waals surface area contributed by atoms with E-state index in [4.69, 9.17) is 0 Å². The first-order valence-electron chi connectivity index (χ1n) is 7.09. The standard InChI is InChI=1S/C16H18N2O3/c19-11-16(21)6-3-7-18(10-16)15(20)13-8-12-4-1-2-5-14(12)17-9-13/h1-2,4-5,8-9,19,21H,3,6-7,10-11H2/t16-/m0/s1. The number of β-amino-alcohol motifs (C(OH)–C–C–N with tert-alkyl or cyclic N) is 1. The molecule has 0 bridgehead atoms. The smallest absolute Gasteiger partial charge is 0.255 e. The molecule has 21 heavy (non-hydrogen) atoms. The molecule has 1 fully saturated rings. The van der Waals surface area contributed by atoms with Crippen molar-refractivity contribution in [2.45, 2.75) is 18.4 Å². The van der Waals surface area contributed by atoms with Crippen molar-refractivity contribution in [3.8, 4) is 0 Å². The number of fused-ring (bicyclic) bond motifs is 1. The number of likely N-dealkylation sites (tertiary alicyclic amines) is 1. The highest BCUT2D eigenvalue weighted by Crippen LogP contribution is 2.22. The van der Waals surface area contributed by atoms with Crippen molar-refractivity contribution < 1.29 is 15.0 Å². The van der Waals surface area contributed by atoms with Crippen LogP contribution in [0.3, 0.4) is 0 Å². The Morgan fingerprint density at radius 1 is 1.38 bits per heavy atom. The maximum absolute atomic E-state index is 12.5. The number of benzene rings is 1. The number of carbonyl (C=O) groups is 1. The summed E-state index contributed by atoms with van der Waals surface area (Å²) in [4.78, 5) is 18.4. The average Bonchev–Trinajstić information content (AvgIpc) is 2.54. The summed E-state index contributed by atoms with van der Waals surface area (Å²) in [7, 11) is 0. The largest absolute Gasteiger partial charge is 0.393 e. The molecule has 1 aliphatic heterocycles. The van der Waals surface area contributed by atoms with E-state index < -0.39 is 5.60 Å². The van der Waals surface area contributed by atoms with Crippen molar-refractivity contribution in [3.63, 3.8) is 0 Å². The van der Waals surface area contributed by atoms with E-state index in [0.717, 1.165) is 10.9 Å². The molecule has 1 aromatic heterocycles. The van der Waals surface area contributed by atoms with Gasteiger partial charge in [-0.2, -0.15) is 0 Å². The first kappa shape index (κ1) is 14.0. The van der Waals surface area contributed by atoms with Crippen LogP contribution in [0.1, 0.15) is 23.2 Å². The number of nitrogens with zero attached hydrogens (tertiary/aromatic N) is 2. The Balaban J connectivity index is 1.86. The van der Waals surface area contributed by atoms with Gasteiger partial charge >= 0.3 is 0 Å². The summed E-state index contributed by atoms with van der Waals surface area (Å²) in [6, 6.07) is 9.44. The number of aromatic nitrogens is 1.